The Kier molecular flexibility index (Phi) is 6.10. The minimum absolute atomic E-state index is 0.0372. The quantitative estimate of drug-likeness (QED) is 0.447. The summed E-state index contributed by atoms with van der Waals surface area (Å²) in [7, 11) is -4.10. The monoisotopic (exact) mass is 480 g/mol. The zero-order valence-electron chi connectivity index (χ0n) is 18.0. The molecule has 0 bridgehead atoms. The number of carbonyl (C=O) groups is 1. The van der Waals surface area contributed by atoms with Crippen molar-refractivity contribution in [1.29, 1.82) is 0 Å². The Hall–Kier alpha value is -3.42. The molecule has 6 nitrogen and oxygen atoms in total. The predicted molar refractivity (Wildman–Crippen MR) is 130 cm³/mol. The molecule has 0 aliphatic carbocycles. The third kappa shape index (κ3) is 4.55. The molecule has 8 heteroatoms. The summed E-state index contributed by atoms with van der Waals surface area (Å²) in [6, 6.07) is 18.0. The average Bonchev–Trinajstić information content (AvgIpc) is 2.79. The maximum Gasteiger partial charge on any atom is 0.244 e. The molecule has 0 aliphatic heterocycles. The number of rotatable bonds is 5. The fourth-order valence-corrected chi connectivity index (χ4v) is 5.12. The van der Waals surface area contributed by atoms with Gasteiger partial charge in [0.1, 0.15) is 11.4 Å². The fraction of sp³-hybridized carbons (Fsp3) is 0.120. The molecule has 168 valence electrons. The SMILES string of the molecule is Cc1ccc(S(=O)(=O)c2cn(CC(=O)Nc3ccc(Cl)cc3)c3ccccc3c2=O)cc1C. The van der Waals surface area contributed by atoms with Crippen LogP contribution < -0.4 is 10.7 Å². The third-order valence-corrected chi connectivity index (χ3v) is 7.47. The second-order valence-electron chi connectivity index (χ2n) is 7.77. The molecule has 4 rings (SSSR count). The summed E-state index contributed by atoms with van der Waals surface area (Å²) in [5.74, 6) is -0.374. The number of anilines is 1. The van der Waals surface area contributed by atoms with Crippen LogP contribution in [0.25, 0.3) is 10.9 Å². The van der Waals surface area contributed by atoms with Gasteiger partial charge in [-0.2, -0.15) is 0 Å². The minimum Gasteiger partial charge on any atom is -0.336 e. The average molecular weight is 481 g/mol. The number of hydrogen-bond donors (Lipinski definition) is 1. The van der Waals surface area contributed by atoms with Crippen LogP contribution in [0.1, 0.15) is 11.1 Å². The Morgan fingerprint density at radius 3 is 2.36 bits per heavy atom. The number of amides is 1. The zero-order valence-corrected chi connectivity index (χ0v) is 19.6. The highest BCUT2D eigenvalue weighted by Crippen LogP contribution is 2.23. The number of hydrogen-bond acceptors (Lipinski definition) is 4. The lowest BCUT2D eigenvalue weighted by Crippen LogP contribution is -2.24. The summed E-state index contributed by atoms with van der Waals surface area (Å²) in [5, 5.41) is 3.52. The van der Waals surface area contributed by atoms with Crippen LogP contribution in [0.15, 0.2) is 87.5 Å². The van der Waals surface area contributed by atoms with Gasteiger partial charge >= 0.3 is 0 Å². The lowest BCUT2D eigenvalue weighted by molar-refractivity contribution is -0.116. The van der Waals surface area contributed by atoms with Gasteiger partial charge < -0.3 is 9.88 Å². The first-order chi connectivity index (χ1) is 15.7. The second-order valence-corrected chi connectivity index (χ2v) is 10.1. The lowest BCUT2D eigenvalue weighted by Gasteiger charge is -2.14. The summed E-state index contributed by atoms with van der Waals surface area (Å²) in [4.78, 5) is 25.5. The predicted octanol–water partition coefficient (Wildman–Crippen LogP) is 4.74. The van der Waals surface area contributed by atoms with E-state index >= 15 is 0 Å². The molecule has 0 spiro atoms. The molecule has 4 aromatic rings. The van der Waals surface area contributed by atoms with Gasteiger partial charge in [0.05, 0.1) is 10.4 Å². The molecule has 3 aromatic carbocycles. The number of aromatic nitrogens is 1. The normalized spacial score (nSPS) is 11.5. The number of halogens is 1. The maximum absolute atomic E-state index is 13.4. The molecule has 0 saturated heterocycles. The molecular formula is C25H21ClN2O4S. The molecule has 0 unspecified atom stereocenters. The van der Waals surface area contributed by atoms with Crippen LogP contribution in [0.3, 0.4) is 0 Å². The number of nitrogens with zero attached hydrogens (tertiary/aromatic N) is 1. The van der Waals surface area contributed by atoms with E-state index in [4.69, 9.17) is 11.6 Å². The van der Waals surface area contributed by atoms with Crippen LogP contribution in [0, 0.1) is 13.8 Å². The molecule has 1 amide bonds. The van der Waals surface area contributed by atoms with E-state index < -0.39 is 15.3 Å². The number of benzene rings is 3. The molecule has 0 fully saturated rings. The number of fused-ring (bicyclic) bond motifs is 1. The molecule has 1 N–H and O–H groups in total. The van der Waals surface area contributed by atoms with Crippen LogP contribution in [-0.2, 0) is 21.2 Å². The molecule has 0 atom stereocenters. The van der Waals surface area contributed by atoms with E-state index in [-0.39, 0.29) is 27.6 Å². The lowest BCUT2D eigenvalue weighted by atomic mass is 10.1. The number of nitrogens with one attached hydrogen (secondary N) is 1. The Morgan fingerprint density at radius 1 is 0.970 bits per heavy atom. The van der Waals surface area contributed by atoms with Crippen molar-refractivity contribution >= 4 is 43.9 Å². The van der Waals surface area contributed by atoms with Gasteiger partial charge in [-0.1, -0.05) is 29.8 Å². The van der Waals surface area contributed by atoms with Gasteiger partial charge in [0.25, 0.3) is 0 Å². The Labute approximate surface area is 196 Å². The number of aryl methyl sites for hydroxylation is 2. The van der Waals surface area contributed by atoms with Gasteiger partial charge in [-0.05, 0) is 73.5 Å². The van der Waals surface area contributed by atoms with E-state index in [1.165, 1.54) is 16.8 Å². The highest BCUT2D eigenvalue weighted by molar-refractivity contribution is 7.91. The van der Waals surface area contributed by atoms with Crippen molar-refractivity contribution < 1.29 is 13.2 Å². The molecule has 1 aromatic heterocycles. The molecule has 0 aliphatic rings. The van der Waals surface area contributed by atoms with Crippen LogP contribution in [0.2, 0.25) is 5.02 Å². The fourth-order valence-electron chi connectivity index (χ4n) is 3.54. The van der Waals surface area contributed by atoms with Crippen molar-refractivity contribution in [2.75, 3.05) is 5.32 Å². The summed E-state index contributed by atoms with van der Waals surface area (Å²) in [5.41, 5.74) is 2.17. The Balaban J connectivity index is 1.80. The Morgan fingerprint density at radius 2 is 1.67 bits per heavy atom. The largest absolute Gasteiger partial charge is 0.336 e. The van der Waals surface area contributed by atoms with Gasteiger partial charge in [0.2, 0.25) is 21.2 Å². The summed E-state index contributed by atoms with van der Waals surface area (Å²) < 4.78 is 28.3. The standard InChI is InChI=1S/C25H21ClN2O4S/c1-16-7-12-20(13-17(16)2)33(31,32)23-14-28(22-6-4-3-5-21(22)25(23)30)15-24(29)27-19-10-8-18(26)9-11-19/h3-14H,15H2,1-2H3,(H,27,29). The summed E-state index contributed by atoms with van der Waals surface area (Å²) >= 11 is 5.88. The second kappa shape index (κ2) is 8.84. The van der Waals surface area contributed by atoms with Crippen molar-refractivity contribution in [3.8, 4) is 0 Å². The first-order valence-corrected chi connectivity index (χ1v) is 12.0. The van der Waals surface area contributed by atoms with Crippen molar-refractivity contribution in [3.63, 3.8) is 0 Å². The highest BCUT2D eigenvalue weighted by atomic mass is 35.5. The molecule has 1 heterocycles. The van der Waals surface area contributed by atoms with Crippen LogP contribution in [0.5, 0.6) is 0 Å². The smallest absolute Gasteiger partial charge is 0.244 e. The van der Waals surface area contributed by atoms with Gasteiger partial charge in [-0.3, -0.25) is 9.59 Å². The van der Waals surface area contributed by atoms with Crippen molar-refractivity contribution in [2.24, 2.45) is 0 Å². The van der Waals surface area contributed by atoms with Crippen LogP contribution in [0.4, 0.5) is 5.69 Å². The summed E-state index contributed by atoms with van der Waals surface area (Å²) in [6.45, 7) is 3.51. The van der Waals surface area contributed by atoms with Gasteiger partial charge in [-0.25, -0.2) is 8.42 Å². The highest BCUT2D eigenvalue weighted by Gasteiger charge is 2.24. The summed E-state index contributed by atoms with van der Waals surface area (Å²) in [6.07, 6.45) is 1.25. The van der Waals surface area contributed by atoms with Crippen molar-refractivity contribution in [1.82, 2.24) is 4.57 Å². The Bertz CT molecular complexity index is 1540. The molecule has 33 heavy (non-hydrogen) atoms. The molecule has 0 radical (unpaired) electrons. The number of pyridine rings is 1. The van der Waals surface area contributed by atoms with Gasteiger partial charge in [0.15, 0.2) is 0 Å². The molecule has 0 saturated carbocycles. The first kappa shape index (κ1) is 22.8. The van der Waals surface area contributed by atoms with Gasteiger partial charge in [0, 0.05) is 22.3 Å². The minimum atomic E-state index is -4.10. The number of sulfone groups is 1. The van der Waals surface area contributed by atoms with Crippen LogP contribution in [-0.4, -0.2) is 18.9 Å². The van der Waals surface area contributed by atoms with Crippen molar-refractivity contribution in [2.45, 2.75) is 30.2 Å². The molecular weight excluding hydrogens is 460 g/mol. The maximum atomic E-state index is 13.4. The first-order valence-electron chi connectivity index (χ1n) is 10.2. The van der Waals surface area contributed by atoms with Gasteiger partial charge in [-0.15, -0.1) is 0 Å². The van der Waals surface area contributed by atoms with Crippen LogP contribution >= 0.6 is 11.6 Å². The van der Waals surface area contributed by atoms with E-state index in [0.29, 0.717) is 16.2 Å². The number of carbonyl (C=O) groups excluding carboxylic acids is 1. The zero-order chi connectivity index (χ0) is 23.8. The number of para-hydroxylation sites is 1. The van der Waals surface area contributed by atoms with E-state index in [1.807, 2.05) is 13.8 Å². The third-order valence-electron chi connectivity index (χ3n) is 5.48. The van der Waals surface area contributed by atoms with Crippen molar-refractivity contribution in [3.05, 3.63) is 99.3 Å². The van der Waals surface area contributed by atoms with E-state index in [2.05, 4.69) is 5.32 Å². The topological polar surface area (TPSA) is 85.2 Å². The van der Waals surface area contributed by atoms with E-state index in [1.54, 1.807) is 60.7 Å². The van der Waals surface area contributed by atoms with E-state index in [9.17, 15) is 18.0 Å². The van der Waals surface area contributed by atoms with E-state index in [0.717, 1.165) is 11.1 Å².